The van der Waals surface area contributed by atoms with Crippen LogP contribution in [0.1, 0.15) is 16.7 Å². The third-order valence-corrected chi connectivity index (χ3v) is 5.04. The Labute approximate surface area is 139 Å². The fraction of sp³-hybridized carbons (Fsp3) is 0.294. The molecule has 2 aromatic rings. The first-order valence-electron chi connectivity index (χ1n) is 6.64. The van der Waals surface area contributed by atoms with Crippen molar-refractivity contribution in [3.8, 4) is 0 Å². The van der Waals surface area contributed by atoms with E-state index in [2.05, 4.69) is 0 Å². The van der Waals surface area contributed by atoms with Gasteiger partial charge in [-0.25, -0.2) is 4.39 Å². The molecule has 0 saturated carbocycles. The summed E-state index contributed by atoms with van der Waals surface area (Å²) in [4.78, 5) is 0. The Kier molecular flexibility index (Phi) is 5.54. The Balaban J connectivity index is 2.43. The third kappa shape index (κ3) is 3.71. The van der Waals surface area contributed by atoms with Gasteiger partial charge in [-0.05, 0) is 54.3 Å². The number of halogens is 4. The van der Waals surface area contributed by atoms with Crippen LogP contribution < -0.4 is 0 Å². The highest BCUT2D eigenvalue weighted by Crippen LogP contribution is 2.34. The maximum Gasteiger partial charge on any atom is 0.123 e. The van der Waals surface area contributed by atoms with Gasteiger partial charge < -0.3 is 0 Å². The number of hydrogen-bond donors (Lipinski definition) is 0. The first-order chi connectivity index (χ1) is 10.0. The Morgan fingerprint density at radius 1 is 1.05 bits per heavy atom. The summed E-state index contributed by atoms with van der Waals surface area (Å²) >= 11 is 18.6. The molecule has 0 aliphatic heterocycles. The summed E-state index contributed by atoms with van der Waals surface area (Å²) < 4.78 is 13.3. The number of hydrogen-bond acceptors (Lipinski definition) is 0. The SMILES string of the molecule is Cc1cc(F)ccc1CC(CCl)(CCl)c1cccc(Cl)c1. The van der Waals surface area contributed by atoms with Crippen LogP contribution in [-0.2, 0) is 11.8 Å². The van der Waals surface area contributed by atoms with Crippen molar-refractivity contribution < 1.29 is 4.39 Å². The van der Waals surface area contributed by atoms with Gasteiger partial charge in [0.1, 0.15) is 5.82 Å². The van der Waals surface area contributed by atoms with Crippen molar-refractivity contribution in [2.24, 2.45) is 0 Å². The van der Waals surface area contributed by atoms with Crippen LogP contribution in [0.2, 0.25) is 5.02 Å². The van der Waals surface area contributed by atoms with E-state index < -0.39 is 5.41 Å². The first kappa shape index (κ1) is 16.6. The monoisotopic (exact) mass is 344 g/mol. The molecule has 0 bridgehead atoms. The Morgan fingerprint density at radius 3 is 2.33 bits per heavy atom. The highest BCUT2D eigenvalue weighted by Gasteiger charge is 2.31. The van der Waals surface area contributed by atoms with Crippen molar-refractivity contribution in [3.63, 3.8) is 0 Å². The minimum Gasteiger partial charge on any atom is -0.207 e. The van der Waals surface area contributed by atoms with E-state index in [4.69, 9.17) is 34.8 Å². The second-order valence-electron chi connectivity index (χ2n) is 5.31. The van der Waals surface area contributed by atoms with Gasteiger partial charge in [-0.3, -0.25) is 0 Å². The van der Waals surface area contributed by atoms with Gasteiger partial charge in [0.25, 0.3) is 0 Å². The molecule has 0 aliphatic carbocycles. The predicted molar refractivity (Wildman–Crippen MR) is 89.4 cm³/mol. The molecule has 0 aliphatic rings. The third-order valence-electron chi connectivity index (χ3n) is 3.78. The van der Waals surface area contributed by atoms with Crippen LogP contribution in [-0.4, -0.2) is 11.8 Å². The molecular weight excluding hydrogens is 330 g/mol. The molecule has 0 aromatic heterocycles. The van der Waals surface area contributed by atoms with Crippen molar-refractivity contribution in [1.82, 2.24) is 0 Å². The second kappa shape index (κ2) is 7.00. The van der Waals surface area contributed by atoms with Gasteiger partial charge in [-0.2, -0.15) is 0 Å². The van der Waals surface area contributed by atoms with Gasteiger partial charge in [-0.1, -0.05) is 29.8 Å². The van der Waals surface area contributed by atoms with Gasteiger partial charge in [0.05, 0.1) is 0 Å². The lowest BCUT2D eigenvalue weighted by Gasteiger charge is -2.31. The van der Waals surface area contributed by atoms with Gasteiger partial charge in [0.15, 0.2) is 0 Å². The lowest BCUT2D eigenvalue weighted by Crippen LogP contribution is -2.33. The summed E-state index contributed by atoms with van der Waals surface area (Å²) in [5, 5.41) is 0.655. The topological polar surface area (TPSA) is 0 Å². The molecule has 0 radical (unpaired) electrons. The number of rotatable bonds is 5. The fourth-order valence-electron chi connectivity index (χ4n) is 2.43. The standard InChI is InChI=1S/C17H16Cl3F/c1-12-7-16(21)6-5-13(12)9-17(10-18,11-19)14-3-2-4-15(20)8-14/h2-8H,9-11H2,1H3. The van der Waals surface area contributed by atoms with E-state index in [-0.39, 0.29) is 5.82 Å². The van der Waals surface area contributed by atoms with Gasteiger partial charge in [0.2, 0.25) is 0 Å². The Morgan fingerprint density at radius 2 is 1.76 bits per heavy atom. The largest absolute Gasteiger partial charge is 0.207 e. The zero-order chi connectivity index (χ0) is 15.5. The molecule has 112 valence electrons. The van der Waals surface area contributed by atoms with E-state index in [1.807, 2.05) is 31.2 Å². The molecule has 0 fully saturated rings. The quantitative estimate of drug-likeness (QED) is 0.606. The highest BCUT2D eigenvalue weighted by molar-refractivity contribution is 6.30. The summed E-state index contributed by atoms with van der Waals surface area (Å²) in [6.07, 6.45) is 0.645. The normalized spacial score (nSPS) is 11.7. The van der Waals surface area contributed by atoms with E-state index in [0.29, 0.717) is 23.2 Å². The maximum absolute atomic E-state index is 13.3. The van der Waals surface area contributed by atoms with Crippen LogP contribution in [0.4, 0.5) is 4.39 Å². The lowest BCUT2D eigenvalue weighted by molar-refractivity contribution is 0.533. The number of aryl methyl sites for hydroxylation is 1. The maximum atomic E-state index is 13.3. The van der Waals surface area contributed by atoms with Crippen molar-refractivity contribution in [1.29, 1.82) is 0 Å². The minimum absolute atomic E-state index is 0.235. The van der Waals surface area contributed by atoms with Gasteiger partial charge in [0, 0.05) is 22.2 Å². The van der Waals surface area contributed by atoms with Crippen molar-refractivity contribution >= 4 is 34.8 Å². The zero-order valence-electron chi connectivity index (χ0n) is 11.7. The van der Waals surface area contributed by atoms with Crippen LogP contribution in [0.15, 0.2) is 42.5 Å². The van der Waals surface area contributed by atoms with Crippen molar-refractivity contribution in [2.45, 2.75) is 18.8 Å². The number of benzene rings is 2. The highest BCUT2D eigenvalue weighted by atomic mass is 35.5. The first-order valence-corrected chi connectivity index (χ1v) is 8.08. The van der Waals surface area contributed by atoms with Crippen LogP contribution in [0.25, 0.3) is 0 Å². The average Bonchev–Trinajstić information content (AvgIpc) is 2.47. The van der Waals surface area contributed by atoms with Crippen LogP contribution in [0.3, 0.4) is 0 Å². The molecule has 21 heavy (non-hydrogen) atoms. The van der Waals surface area contributed by atoms with Crippen LogP contribution in [0.5, 0.6) is 0 Å². The summed E-state index contributed by atoms with van der Waals surface area (Å²) in [6.45, 7) is 1.89. The van der Waals surface area contributed by atoms with Crippen molar-refractivity contribution in [3.05, 3.63) is 70.0 Å². The molecule has 0 heterocycles. The summed E-state index contributed by atoms with van der Waals surface area (Å²) in [6, 6.07) is 12.4. The molecule has 0 spiro atoms. The summed E-state index contributed by atoms with van der Waals surface area (Å²) in [7, 11) is 0. The smallest absolute Gasteiger partial charge is 0.123 e. The van der Waals surface area contributed by atoms with E-state index in [9.17, 15) is 4.39 Å². The molecule has 0 nitrogen and oxygen atoms in total. The second-order valence-corrected chi connectivity index (χ2v) is 6.28. The molecule has 0 amide bonds. The van der Waals surface area contributed by atoms with E-state index >= 15 is 0 Å². The van der Waals surface area contributed by atoms with E-state index in [1.165, 1.54) is 12.1 Å². The molecule has 4 heteroatoms. The molecule has 0 saturated heterocycles. The van der Waals surface area contributed by atoms with E-state index in [0.717, 1.165) is 16.7 Å². The minimum atomic E-state index is -0.420. The Bertz CT molecular complexity index is 621. The number of alkyl halides is 2. The molecular formula is C17H16Cl3F. The van der Waals surface area contributed by atoms with Crippen LogP contribution >= 0.6 is 34.8 Å². The molecule has 2 aromatic carbocycles. The molecule has 0 N–H and O–H groups in total. The zero-order valence-corrected chi connectivity index (χ0v) is 13.9. The van der Waals surface area contributed by atoms with Gasteiger partial charge >= 0.3 is 0 Å². The van der Waals surface area contributed by atoms with Gasteiger partial charge in [-0.15, -0.1) is 23.2 Å². The predicted octanol–water partition coefficient (Wildman–Crippen LogP) is 5.75. The van der Waals surface area contributed by atoms with Crippen LogP contribution in [0, 0.1) is 12.7 Å². The summed E-state index contributed by atoms with van der Waals surface area (Å²) in [5.41, 5.74) is 2.52. The fourth-order valence-corrected chi connectivity index (χ4v) is 3.40. The van der Waals surface area contributed by atoms with Crippen molar-refractivity contribution in [2.75, 3.05) is 11.8 Å². The lowest BCUT2D eigenvalue weighted by atomic mass is 9.78. The average molecular weight is 346 g/mol. The molecule has 0 atom stereocenters. The molecule has 0 unspecified atom stereocenters. The molecule has 2 rings (SSSR count). The summed E-state index contributed by atoms with van der Waals surface area (Å²) in [5.74, 6) is 0.503. The Hall–Kier alpha value is -0.760. The van der Waals surface area contributed by atoms with E-state index in [1.54, 1.807) is 6.07 Å².